The number of nitrogens with one attached hydrogen (secondary N) is 1. The maximum atomic E-state index is 10.8. The van der Waals surface area contributed by atoms with E-state index in [0.29, 0.717) is 5.69 Å². The lowest BCUT2D eigenvalue weighted by Gasteiger charge is -2.17. The number of carboxylic acids is 1. The first-order valence-electron chi connectivity index (χ1n) is 5.79. The highest BCUT2D eigenvalue weighted by atomic mass is 16.5. The highest BCUT2D eigenvalue weighted by Crippen LogP contribution is 2.29. The van der Waals surface area contributed by atoms with Gasteiger partial charge < -0.3 is 9.84 Å². The lowest BCUT2D eigenvalue weighted by Crippen LogP contribution is -2.08. The van der Waals surface area contributed by atoms with Gasteiger partial charge in [0.25, 0.3) is 0 Å². The fraction of sp³-hybridized carbons (Fsp3) is 0.231. The van der Waals surface area contributed by atoms with Crippen LogP contribution in [0.25, 0.3) is 11.3 Å². The van der Waals surface area contributed by atoms with Crippen LogP contribution in [-0.4, -0.2) is 27.9 Å². The standard InChI is InChI=1S/C13H12N2O3/c16-13(17)11-7-10(14-15-11)8-3-4-12-9(6-8)2-1-5-18-12/h3-4,6-7H,1-2,5H2,(H,14,15)(H,16,17). The Labute approximate surface area is 103 Å². The summed E-state index contributed by atoms with van der Waals surface area (Å²) < 4.78 is 5.54. The van der Waals surface area contributed by atoms with Crippen LogP contribution in [-0.2, 0) is 6.42 Å². The number of hydrogen-bond donors (Lipinski definition) is 2. The minimum absolute atomic E-state index is 0.0963. The normalized spacial score (nSPS) is 13.8. The molecule has 0 bridgehead atoms. The largest absolute Gasteiger partial charge is 0.493 e. The molecular weight excluding hydrogens is 232 g/mol. The van der Waals surface area contributed by atoms with E-state index in [1.54, 1.807) is 0 Å². The number of carboxylic acid groups (broad SMARTS) is 1. The molecular formula is C13H12N2O3. The van der Waals surface area contributed by atoms with Gasteiger partial charge in [-0.2, -0.15) is 5.10 Å². The first-order valence-corrected chi connectivity index (χ1v) is 5.79. The molecule has 18 heavy (non-hydrogen) atoms. The van der Waals surface area contributed by atoms with E-state index in [1.807, 2.05) is 18.2 Å². The van der Waals surface area contributed by atoms with Crippen molar-refractivity contribution in [1.29, 1.82) is 0 Å². The van der Waals surface area contributed by atoms with Crippen molar-refractivity contribution in [2.24, 2.45) is 0 Å². The van der Waals surface area contributed by atoms with E-state index in [0.717, 1.165) is 36.3 Å². The number of H-pyrrole nitrogens is 1. The number of rotatable bonds is 2. The molecule has 5 nitrogen and oxygen atoms in total. The van der Waals surface area contributed by atoms with E-state index in [9.17, 15) is 4.79 Å². The monoisotopic (exact) mass is 244 g/mol. The SMILES string of the molecule is O=C(O)c1cc(-c2ccc3c(c2)CCCO3)n[nH]1. The fourth-order valence-corrected chi connectivity index (χ4v) is 2.10. The molecule has 0 saturated carbocycles. The van der Waals surface area contributed by atoms with Crippen molar-refractivity contribution < 1.29 is 14.6 Å². The van der Waals surface area contributed by atoms with Crippen LogP contribution in [0.5, 0.6) is 5.75 Å². The zero-order valence-corrected chi connectivity index (χ0v) is 9.64. The second kappa shape index (κ2) is 4.18. The average molecular weight is 244 g/mol. The van der Waals surface area contributed by atoms with E-state index in [1.165, 1.54) is 6.07 Å². The van der Waals surface area contributed by atoms with Gasteiger partial charge in [0.2, 0.25) is 0 Å². The minimum Gasteiger partial charge on any atom is -0.493 e. The van der Waals surface area contributed by atoms with Crippen LogP contribution in [0, 0.1) is 0 Å². The van der Waals surface area contributed by atoms with Crippen molar-refractivity contribution in [2.75, 3.05) is 6.61 Å². The third-order valence-electron chi connectivity index (χ3n) is 3.01. The second-order valence-electron chi connectivity index (χ2n) is 4.25. The molecule has 0 amide bonds. The molecule has 3 rings (SSSR count). The van der Waals surface area contributed by atoms with Crippen molar-refractivity contribution in [3.05, 3.63) is 35.5 Å². The first-order chi connectivity index (χ1) is 8.74. The quantitative estimate of drug-likeness (QED) is 0.848. The molecule has 0 fully saturated rings. The lowest BCUT2D eigenvalue weighted by atomic mass is 10.0. The number of aromatic amines is 1. The summed E-state index contributed by atoms with van der Waals surface area (Å²) in [6.45, 7) is 0.762. The van der Waals surface area contributed by atoms with Crippen LogP contribution in [0.1, 0.15) is 22.5 Å². The molecule has 1 aromatic carbocycles. The summed E-state index contributed by atoms with van der Waals surface area (Å²) in [6.07, 6.45) is 2.00. The van der Waals surface area contributed by atoms with Crippen LogP contribution in [0.15, 0.2) is 24.3 Å². The molecule has 2 N–H and O–H groups in total. The lowest BCUT2D eigenvalue weighted by molar-refractivity contribution is 0.0690. The van der Waals surface area contributed by atoms with Gasteiger partial charge in [-0.25, -0.2) is 4.79 Å². The van der Waals surface area contributed by atoms with E-state index in [-0.39, 0.29) is 5.69 Å². The van der Waals surface area contributed by atoms with Gasteiger partial charge in [0.05, 0.1) is 12.3 Å². The number of benzene rings is 1. The molecule has 2 heterocycles. The number of carbonyl (C=O) groups is 1. The molecule has 0 unspecified atom stereocenters. The predicted octanol–water partition coefficient (Wildman–Crippen LogP) is 2.10. The summed E-state index contributed by atoms with van der Waals surface area (Å²) in [6, 6.07) is 7.36. The van der Waals surface area contributed by atoms with Gasteiger partial charge in [-0.05, 0) is 42.7 Å². The summed E-state index contributed by atoms with van der Waals surface area (Å²) in [4.78, 5) is 10.8. The van der Waals surface area contributed by atoms with Crippen molar-refractivity contribution >= 4 is 5.97 Å². The van der Waals surface area contributed by atoms with E-state index < -0.39 is 5.97 Å². The Hall–Kier alpha value is -2.30. The molecule has 92 valence electrons. The topological polar surface area (TPSA) is 75.2 Å². The van der Waals surface area contributed by atoms with Crippen molar-refractivity contribution in [3.8, 4) is 17.0 Å². The number of nitrogens with zero attached hydrogens (tertiary/aromatic N) is 1. The Morgan fingerprint density at radius 3 is 3.06 bits per heavy atom. The zero-order chi connectivity index (χ0) is 12.5. The van der Waals surface area contributed by atoms with Crippen LogP contribution >= 0.6 is 0 Å². The third kappa shape index (κ3) is 1.84. The molecule has 2 aromatic rings. The Balaban J connectivity index is 1.98. The van der Waals surface area contributed by atoms with Crippen LogP contribution in [0.4, 0.5) is 0 Å². The average Bonchev–Trinajstić information content (AvgIpc) is 2.88. The third-order valence-corrected chi connectivity index (χ3v) is 3.01. The number of ether oxygens (including phenoxy) is 1. The number of aromatic carboxylic acids is 1. The predicted molar refractivity (Wildman–Crippen MR) is 64.8 cm³/mol. The molecule has 0 saturated heterocycles. The summed E-state index contributed by atoms with van der Waals surface area (Å²) in [5.41, 5.74) is 2.79. The van der Waals surface area contributed by atoms with E-state index in [4.69, 9.17) is 9.84 Å². The Bertz CT molecular complexity index is 604. The molecule has 1 aliphatic rings. The summed E-state index contributed by atoms with van der Waals surface area (Å²) >= 11 is 0. The smallest absolute Gasteiger partial charge is 0.353 e. The van der Waals surface area contributed by atoms with Gasteiger partial charge in [-0.15, -0.1) is 0 Å². The van der Waals surface area contributed by atoms with Crippen LogP contribution in [0.3, 0.4) is 0 Å². The van der Waals surface area contributed by atoms with Gasteiger partial charge in [0, 0.05) is 5.56 Å². The van der Waals surface area contributed by atoms with E-state index >= 15 is 0 Å². The van der Waals surface area contributed by atoms with Crippen LogP contribution in [0.2, 0.25) is 0 Å². The first kappa shape index (κ1) is 10.8. The van der Waals surface area contributed by atoms with Crippen molar-refractivity contribution in [2.45, 2.75) is 12.8 Å². The summed E-state index contributed by atoms with van der Waals surface area (Å²) in [5.74, 6) is -0.0889. The van der Waals surface area contributed by atoms with Crippen molar-refractivity contribution in [1.82, 2.24) is 10.2 Å². The van der Waals surface area contributed by atoms with Crippen LogP contribution < -0.4 is 4.74 Å². The minimum atomic E-state index is -1.00. The van der Waals surface area contributed by atoms with Gasteiger partial charge in [-0.3, -0.25) is 5.10 Å². The second-order valence-corrected chi connectivity index (χ2v) is 4.25. The van der Waals surface area contributed by atoms with Gasteiger partial charge in [0.1, 0.15) is 11.4 Å². The Kier molecular flexibility index (Phi) is 2.51. The molecule has 1 aromatic heterocycles. The maximum absolute atomic E-state index is 10.8. The molecule has 0 spiro atoms. The van der Waals surface area contributed by atoms with E-state index in [2.05, 4.69) is 10.2 Å². The van der Waals surface area contributed by atoms with Crippen molar-refractivity contribution in [3.63, 3.8) is 0 Å². The molecule has 0 aliphatic carbocycles. The fourth-order valence-electron chi connectivity index (χ4n) is 2.10. The molecule has 5 heteroatoms. The number of aromatic nitrogens is 2. The van der Waals surface area contributed by atoms with Gasteiger partial charge in [0.15, 0.2) is 0 Å². The number of fused-ring (bicyclic) bond motifs is 1. The summed E-state index contributed by atoms with van der Waals surface area (Å²) in [7, 11) is 0. The highest BCUT2D eigenvalue weighted by molar-refractivity contribution is 5.86. The molecule has 0 atom stereocenters. The van der Waals surface area contributed by atoms with Gasteiger partial charge >= 0.3 is 5.97 Å². The number of hydrogen-bond acceptors (Lipinski definition) is 3. The highest BCUT2D eigenvalue weighted by Gasteiger charge is 2.13. The maximum Gasteiger partial charge on any atom is 0.353 e. The summed E-state index contributed by atoms with van der Waals surface area (Å²) in [5, 5.41) is 15.4. The Morgan fingerprint density at radius 1 is 1.39 bits per heavy atom. The van der Waals surface area contributed by atoms with Gasteiger partial charge in [-0.1, -0.05) is 0 Å². The molecule has 0 radical (unpaired) electrons. The zero-order valence-electron chi connectivity index (χ0n) is 9.64. The number of aryl methyl sites for hydroxylation is 1. The molecule has 1 aliphatic heterocycles. The Morgan fingerprint density at radius 2 is 2.28 bits per heavy atom.